The molecule has 0 aromatic heterocycles. The quantitative estimate of drug-likeness (QED) is 0.778. The number of carbonyl (C=O) groups excluding carboxylic acids is 2. The summed E-state index contributed by atoms with van der Waals surface area (Å²) in [6.45, 7) is 2.01. The molecule has 0 spiro atoms. The van der Waals surface area contributed by atoms with Gasteiger partial charge in [-0.05, 0) is 23.8 Å². The molecule has 2 aromatic rings. The fourth-order valence-electron chi connectivity index (χ4n) is 2.84. The average Bonchev–Trinajstić information content (AvgIpc) is 2.98. The van der Waals surface area contributed by atoms with Gasteiger partial charge >= 0.3 is 6.09 Å². The van der Waals surface area contributed by atoms with Crippen molar-refractivity contribution in [3.63, 3.8) is 0 Å². The maximum absolute atomic E-state index is 12.5. The third kappa shape index (κ3) is 3.32. The van der Waals surface area contributed by atoms with Gasteiger partial charge in [-0.2, -0.15) is 0 Å². The molecule has 2 heterocycles. The number of morpholine rings is 1. The van der Waals surface area contributed by atoms with E-state index in [-0.39, 0.29) is 11.5 Å². The molecule has 6 nitrogen and oxygen atoms in total. The van der Waals surface area contributed by atoms with E-state index in [0.717, 1.165) is 5.56 Å². The van der Waals surface area contributed by atoms with Gasteiger partial charge in [-0.1, -0.05) is 30.3 Å². The highest BCUT2D eigenvalue weighted by atomic mass is 16.6. The van der Waals surface area contributed by atoms with Crippen molar-refractivity contribution < 1.29 is 23.8 Å². The van der Waals surface area contributed by atoms with Crippen LogP contribution in [0.1, 0.15) is 15.9 Å². The molecule has 132 valence electrons. The van der Waals surface area contributed by atoms with E-state index in [2.05, 4.69) is 0 Å². The van der Waals surface area contributed by atoms with Crippen LogP contribution < -0.4 is 9.47 Å². The van der Waals surface area contributed by atoms with Crippen LogP contribution in [-0.2, 0) is 4.74 Å². The lowest BCUT2D eigenvalue weighted by atomic mass is 10.1. The van der Waals surface area contributed by atoms with E-state index in [1.165, 1.54) is 0 Å². The highest BCUT2D eigenvalue weighted by Crippen LogP contribution is 2.35. The number of carbonyl (C=O) groups is 2. The van der Waals surface area contributed by atoms with E-state index in [4.69, 9.17) is 14.2 Å². The minimum atomic E-state index is -0.433. The van der Waals surface area contributed by atoms with Gasteiger partial charge in [0.1, 0.15) is 11.5 Å². The summed E-state index contributed by atoms with van der Waals surface area (Å²) in [5.74, 6) is 0.802. The monoisotopic (exact) mass is 351 g/mol. The van der Waals surface area contributed by atoms with E-state index in [0.29, 0.717) is 43.4 Å². The molecule has 0 unspecified atom stereocenters. The van der Waals surface area contributed by atoms with Gasteiger partial charge in [0.05, 0.1) is 18.8 Å². The summed E-state index contributed by atoms with van der Waals surface area (Å²) in [4.78, 5) is 26.2. The fourth-order valence-corrected chi connectivity index (χ4v) is 2.84. The highest BCUT2D eigenvalue weighted by Gasteiger charge is 2.28. The number of ether oxygens (including phenoxy) is 3. The zero-order valence-electron chi connectivity index (χ0n) is 14.0. The highest BCUT2D eigenvalue weighted by molar-refractivity contribution is 6.14. The Hall–Kier alpha value is -3.12. The Kier molecular flexibility index (Phi) is 4.41. The minimum Gasteiger partial charge on any atom is -0.452 e. The number of Topliss-reactive ketones (excluding diaryl/α,β-unsaturated/α-hetero) is 1. The first-order chi connectivity index (χ1) is 12.7. The SMILES string of the molecule is O=C1C(=Cc2ccccc2)Oc2cc(OC(=O)N3CCOCC3)ccc21. The van der Waals surface area contributed by atoms with Crippen molar-refractivity contribution in [1.29, 1.82) is 0 Å². The predicted molar refractivity (Wildman–Crippen MR) is 94.2 cm³/mol. The van der Waals surface area contributed by atoms with E-state index in [1.807, 2.05) is 30.3 Å². The molecule has 6 heteroatoms. The Balaban J connectivity index is 1.50. The van der Waals surface area contributed by atoms with Crippen LogP contribution in [0.25, 0.3) is 6.08 Å². The predicted octanol–water partition coefficient (Wildman–Crippen LogP) is 3.13. The minimum absolute atomic E-state index is 0.185. The maximum Gasteiger partial charge on any atom is 0.415 e. The molecule has 0 saturated carbocycles. The zero-order chi connectivity index (χ0) is 17.9. The Morgan fingerprint density at radius 3 is 2.62 bits per heavy atom. The molecule has 2 aliphatic rings. The van der Waals surface area contributed by atoms with Crippen LogP contribution in [0.15, 0.2) is 54.3 Å². The van der Waals surface area contributed by atoms with Gasteiger partial charge in [0.15, 0.2) is 5.76 Å². The summed E-state index contributed by atoms with van der Waals surface area (Å²) in [5.41, 5.74) is 1.33. The molecule has 2 aromatic carbocycles. The summed E-state index contributed by atoms with van der Waals surface area (Å²) in [7, 11) is 0. The summed E-state index contributed by atoms with van der Waals surface area (Å²) in [6.07, 6.45) is 1.26. The number of hydrogen-bond donors (Lipinski definition) is 0. The molecular formula is C20H17NO5. The molecule has 0 bridgehead atoms. The topological polar surface area (TPSA) is 65.1 Å². The van der Waals surface area contributed by atoms with Crippen LogP contribution in [0.4, 0.5) is 4.79 Å². The first kappa shape index (κ1) is 16.4. The molecule has 2 aliphatic heterocycles. The van der Waals surface area contributed by atoms with Crippen LogP contribution in [0.5, 0.6) is 11.5 Å². The summed E-state index contributed by atoms with van der Waals surface area (Å²) < 4.78 is 16.3. The third-order valence-corrected chi connectivity index (χ3v) is 4.21. The molecule has 1 fully saturated rings. The summed E-state index contributed by atoms with van der Waals surface area (Å²) in [5, 5.41) is 0. The number of rotatable bonds is 2. The van der Waals surface area contributed by atoms with Gasteiger partial charge < -0.3 is 19.1 Å². The second-order valence-electron chi connectivity index (χ2n) is 5.98. The van der Waals surface area contributed by atoms with Crippen molar-refractivity contribution in [1.82, 2.24) is 4.90 Å². The van der Waals surface area contributed by atoms with E-state index in [9.17, 15) is 9.59 Å². The standard InChI is InChI=1S/C20H17NO5/c22-19-16-7-6-15(25-20(23)21-8-10-24-11-9-21)13-17(16)26-18(19)12-14-4-2-1-3-5-14/h1-7,12-13H,8-11H2. The molecule has 0 N–H and O–H groups in total. The molecule has 0 atom stereocenters. The fraction of sp³-hybridized carbons (Fsp3) is 0.200. The van der Waals surface area contributed by atoms with Gasteiger partial charge in [0.2, 0.25) is 5.78 Å². The lowest BCUT2D eigenvalue weighted by molar-refractivity contribution is 0.0416. The Bertz CT molecular complexity index is 869. The number of benzene rings is 2. The number of fused-ring (bicyclic) bond motifs is 1. The first-order valence-corrected chi connectivity index (χ1v) is 8.38. The number of allylic oxidation sites excluding steroid dienone is 1. The molecule has 1 saturated heterocycles. The van der Waals surface area contributed by atoms with E-state index < -0.39 is 6.09 Å². The van der Waals surface area contributed by atoms with Crippen LogP contribution in [0.3, 0.4) is 0 Å². The average molecular weight is 351 g/mol. The largest absolute Gasteiger partial charge is 0.452 e. The molecule has 26 heavy (non-hydrogen) atoms. The Labute approximate surface area is 150 Å². The van der Waals surface area contributed by atoms with Gasteiger partial charge in [-0.15, -0.1) is 0 Å². The van der Waals surface area contributed by atoms with Gasteiger partial charge in [0.25, 0.3) is 0 Å². The molecular weight excluding hydrogens is 334 g/mol. The van der Waals surface area contributed by atoms with Gasteiger partial charge in [-0.25, -0.2) is 4.79 Å². The molecule has 1 amide bonds. The number of ketones is 1. The lowest BCUT2D eigenvalue weighted by Gasteiger charge is -2.25. The number of nitrogens with zero attached hydrogens (tertiary/aromatic N) is 1. The summed E-state index contributed by atoms with van der Waals surface area (Å²) in [6, 6.07) is 14.3. The normalized spacial score (nSPS) is 17.8. The van der Waals surface area contributed by atoms with Gasteiger partial charge in [-0.3, -0.25) is 4.79 Å². The van der Waals surface area contributed by atoms with Crippen molar-refractivity contribution in [2.75, 3.05) is 26.3 Å². The van der Waals surface area contributed by atoms with E-state index in [1.54, 1.807) is 29.2 Å². The lowest BCUT2D eigenvalue weighted by Crippen LogP contribution is -2.42. The van der Waals surface area contributed by atoms with E-state index >= 15 is 0 Å². The Morgan fingerprint density at radius 1 is 1.08 bits per heavy atom. The van der Waals surface area contributed by atoms with Crippen LogP contribution in [0.2, 0.25) is 0 Å². The molecule has 0 radical (unpaired) electrons. The second-order valence-corrected chi connectivity index (χ2v) is 5.98. The van der Waals surface area contributed by atoms with Crippen LogP contribution in [-0.4, -0.2) is 43.1 Å². The smallest absolute Gasteiger partial charge is 0.415 e. The Morgan fingerprint density at radius 2 is 1.85 bits per heavy atom. The molecule has 0 aliphatic carbocycles. The zero-order valence-corrected chi connectivity index (χ0v) is 14.0. The van der Waals surface area contributed by atoms with Crippen molar-refractivity contribution in [3.8, 4) is 11.5 Å². The number of amides is 1. The van der Waals surface area contributed by atoms with Crippen molar-refractivity contribution >= 4 is 18.0 Å². The van der Waals surface area contributed by atoms with Crippen molar-refractivity contribution in [3.05, 3.63) is 65.4 Å². The van der Waals surface area contributed by atoms with Gasteiger partial charge in [0, 0.05) is 19.2 Å². The number of hydrogen-bond acceptors (Lipinski definition) is 5. The van der Waals surface area contributed by atoms with Crippen LogP contribution in [0, 0.1) is 0 Å². The maximum atomic E-state index is 12.5. The van der Waals surface area contributed by atoms with Crippen LogP contribution >= 0.6 is 0 Å². The second kappa shape index (κ2) is 7.01. The first-order valence-electron chi connectivity index (χ1n) is 8.38. The van der Waals surface area contributed by atoms with Crippen molar-refractivity contribution in [2.45, 2.75) is 0 Å². The van der Waals surface area contributed by atoms with Crippen molar-refractivity contribution in [2.24, 2.45) is 0 Å². The molecule has 4 rings (SSSR count). The third-order valence-electron chi connectivity index (χ3n) is 4.21. The summed E-state index contributed by atoms with van der Waals surface area (Å²) >= 11 is 0.